The molecule has 3 rings (SSSR count). The minimum Gasteiger partial charge on any atom is -0.381 e. The zero-order chi connectivity index (χ0) is 14.5. The van der Waals surface area contributed by atoms with E-state index >= 15 is 0 Å². The molecule has 114 valence electrons. The van der Waals surface area contributed by atoms with Crippen LogP contribution in [0.15, 0.2) is 18.3 Å². The van der Waals surface area contributed by atoms with Crippen LogP contribution in [0.3, 0.4) is 0 Å². The molecular weight excluding hydrogens is 266 g/mol. The number of amides is 1. The second-order valence-corrected chi connectivity index (χ2v) is 5.83. The van der Waals surface area contributed by atoms with Crippen LogP contribution < -0.4 is 10.2 Å². The SMILES string of the molecule is O=C(Nc1ccc(N2CCCCC2)nc1)C1CCOCC1. The molecule has 0 radical (unpaired) electrons. The molecule has 0 aliphatic carbocycles. The molecule has 0 saturated carbocycles. The number of nitrogens with one attached hydrogen (secondary N) is 1. The first-order valence-electron chi connectivity index (χ1n) is 7.92. The van der Waals surface area contributed by atoms with E-state index in [-0.39, 0.29) is 11.8 Å². The van der Waals surface area contributed by atoms with Gasteiger partial charge < -0.3 is 15.0 Å². The van der Waals surface area contributed by atoms with Crippen molar-refractivity contribution in [1.82, 2.24) is 4.98 Å². The first kappa shape index (κ1) is 14.3. The molecule has 3 heterocycles. The Bertz CT molecular complexity index is 463. The monoisotopic (exact) mass is 289 g/mol. The van der Waals surface area contributed by atoms with Crippen molar-refractivity contribution < 1.29 is 9.53 Å². The van der Waals surface area contributed by atoms with Gasteiger partial charge in [-0.3, -0.25) is 4.79 Å². The Kier molecular flexibility index (Phi) is 4.70. The summed E-state index contributed by atoms with van der Waals surface area (Å²) in [6, 6.07) is 3.96. The minimum absolute atomic E-state index is 0.0699. The van der Waals surface area contributed by atoms with Crippen molar-refractivity contribution in [3.05, 3.63) is 18.3 Å². The molecule has 2 aliphatic rings. The van der Waals surface area contributed by atoms with E-state index in [9.17, 15) is 4.79 Å². The predicted octanol–water partition coefficient (Wildman–Crippen LogP) is 2.44. The van der Waals surface area contributed by atoms with Crippen molar-refractivity contribution in [1.29, 1.82) is 0 Å². The second-order valence-electron chi connectivity index (χ2n) is 5.83. The Labute approximate surface area is 125 Å². The number of rotatable bonds is 3. The van der Waals surface area contributed by atoms with Crippen LogP contribution in [0.4, 0.5) is 11.5 Å². The standard InChI is InChI=1S/C16H23N3O2/c20-16(13-6-10-21-11-7-13)18-14-4-5-15(17-12-14)19-8-2-1-3-9-19/h4-5,12-13H,1-3,6-11H2,(H,18,20). The molecule has 0 spiro atoms. The van der Waals surface area contributed by atoms with Gasteiger partial charge >= 0.3 is 0 Å². The van der Waals surface area contributed by atoms with Gasteiger partial charge in [-0.25, -0.2) is 4.98 Å². The van der Waals surface area contributed by atoms with Gasteiger partial charge in [-0.1, -0.05) is 0 Å². The van der Waals surface area contributed by atoms with Crippen LogP contribution in [-0.4, -0.2) is 37.2 Å². The fourth-order valence-electron chi connectivity index (χ4n) is 2.97. The van der Waals surface area contributed by atoms with E-state index in [0.29, 0.717) is 13.2 Å². The molecule has 1 aromatic rings. The molecular formula is C16H23N3O2. The van der Waals surface area contributed by atoms with Crippen LogP contribution in [0.1, 0.15) is 32.1 Å². The lowest BCUT2D eigenvalue weighted by atomic mass is 9.99. The number of piperidine rings is 1. The molecule has 0 aromatic carbocycles. The Morgan fingerprint density at radius 2 is 1.95 bits per heavy atom. The molecule has 2 saturated heterocycles. The summed E-state index contributed by atoms with van der Waals surface area (Å²) in [6.07, 6.45) is 7.18. The van der Waals surface area contributed by atoms with E-state index < -0.39 is 0 Å². The summed E-state index contributed by atoms with van der Waals surface area (Å²) in [5, 5.41) is 2.97. The van der Waals surface area contributed by atoms with Gasteiger partial charge in [-0.05, 0) is 44.2 Å². The lowest BCUT2D eigenvalue weighted by Gasteiger charge is -2.27. The number of hydrogen-bond acceptors (Lipinski definition) is 4. The highest BCUT2D eigenvalue weighted by Crippen LogP contribution is 2.20. The number of carbonyl (C=O) groups is 1. The smallest absolute Gasteiger partial charge is 0.227 e. The number of pyridine rings is 1. The van der Waals surface area contributed by atoms with E-state index in [4.69, 9.17) is 4.74 Å². The molecule has 0 atom stereocenters. The summed E-state index contributed by atoms with van der Waals surface area (Å²) in [6.45, 7) is 3.54. The molecule has 5 heteroatoms. The van der Waals surface area contributed by atoms with Crippen molar-refractivity contribution in [2.24, 2.45) is 5.92 Å². The zero-order valence-electron chi connectivity index (χ0n) is 12.4. The first-order valence-corrected chi connectivity index (χ1v) is 7.92. The number of nitrogens with zero attached hydrogens (tertiary/aromatic N) is 2. The average Bonchev–Trinajstić information content (AvgIpc) is 2.57. The highest BCUT2D eigenvalue weighted by atomic mass is 16.5. The van der Waals surface area contributed by atoms with E-state index in [1.165, 1.54) is 19.3 Å². The van der Waals surface area contributed by atoms with Gasteiger partial charge in [0.1, 0.15) is 5.82 Å². The predicted molar refractivity (Wildman–Crippen MR) is 82.5 cm³/mol. The van der Waals surface area contributed by atoms with E-state index in [1.807, 2.05) is 12.1 Å². The summed E-state index contributed by atoms with van der Waals surface area (Å²) in [5.74, 6) is 1.17. The molecule has 21 heavy (non-hydrogen) atoms. The maximum atomic E-state index is 12.1. The summed E-state index contributed by atoms with van der Waals surface area (Å²) < 4.78 is 5.29. The fourth-order valence-corrected chi connectivity index (χ4v) is 2.97. The average molecular weight is 289 g/mol. The first-order chi connectivity index (χ1) is 10.3. The van der Waals surface area contributed by atoms with Gasteiger partial charge in [0.25, 0.3) is 0 Å². The van der Waals surface area contributed by atoms with Gasteiger partial charge in [0.05, 0.1) is 11.9 Å². The molecule has 2 aliphatic heterocycles. The van der Waals surface area contributed by atoms with Crippen LogP contribution in [0.25, 0.3) is 0 Å². The van der Waals surface area contributed by atoms with Gasteiger partial charge in [0.2, 0.25) is 5.91 Å². The fraction of sp³-hybridized carbons (Fsp3) is 0.625. The quantitative estimate of drug-likeness (QED) is 0.928. The van der Waals surface area contributed by atoms with E-state index in [2.05, 4.69) is 15.2 Å². The number of carbonyl (C=O) groups excluding carboxylic acids is 1. The number of aromatic nitrogens is 1. The Hall–Kier alpha value is -1.62. The van der Waals surface area contributed by atoms with Crippen LogP contribution in [0, 0.1) is 5.92 Å². The Morgan fingerprint density at radius 3 is 2.62 bits per heavy atom. The van der Waals surface area contributed by atoms with Gasteiger partial charge in [0, 0.05) is 32.2 Å². The largest absolute Gasteiger partial charge is 0.381 e. The van der Waals surface area contributed by atoms with Crippen molar-refractivity contribution >= 4 is 17.4 Å². The molecule has 2 fully saturated rings. The third-order valence-electron chi connectivity index (χ3n) is 4.29. The Morgan fingerprint density at radius 1 is 1.19 bits per heavy atom. The molecule has 5 nitrogen and oxygen atoms in total. The van der Waals surface area contributed by atoms with Crippen molar-refractivity contribution in [3.8, 4) is 0 Å². The third-order valence-corrected chi connectivity index (χ3v) is 4.29. The van der Waals surface area contributed by atoms with Crippen LogP contribution >= 0.6 is 0 Å². The van der Waals surface area contributed by atoms with Crippen LogP contribution in [0.2, 0.25) is 0 Å². The Balaban J connectivity index is 1.57. The highest BCUT2D eigenvalue weighted by molar-refractivity contribution is 5.92. The van der Waals surface area contributed by atoms with Crippen LogP contribution in [0.5, 0.6) is 0 Å². The molecule has 0 bridgehead atoms. The van der Waals surface area contributed by atoms with E-state index in [1.54, 1.807) is 6.20 Å². The van der Waals surface area contributed by atoms with E-state index in [0.717, 1.165) is 37.4 Å². The second kappa shape index (κ2) is 6.89. The van der Waals surface area contributed by atoms with Gasteiger partial charge in [-0.2, -0.15) is 0 Å². The van der Waals surface area contributed by atoms with Gasteiger partial charge in [0.15, 0.2) is 0 Å². The molecule has 1 amide bonds. The maximum absolute atomic E-state index is 12.1. The highest BCUT2D eigenvalue weighted by Gasteiger charge is 2.21. The van der Waals surface area contributed by atoms with Gasteiger partial charge in [-0.15, -0.1) is 0 Å². The van der Waals surface area contributed by atoms with Crippen molar-refractivity contribution in [3.63, 3.8) is 0 Å². The topological polar surface area (TPSA) is 54.5 Å². The molecule has 0 unspecified atom stereocenters. The third kappa shape index (κ3) is 3.73. The summed E-state index contributed by atoms with van der Waals surface area (Å²) >= 11 is 0. The molecule has 1 aromatic heterocycles. The summed E-state index contributed by atoms with van der Waals surface area (Å²) in [5.41, 5.74) is 0.784. The van der Waals surface area contributed by atoms with Crippen molar-refractivity contribution in [2.45, 2.75) is 32.1 Å². The number of hydrogen-bond donors (Lipinski definition) is 1. The number of ether oxygens (including phenoxy) is 1. The number of anilines is 2. The lowest BCUT2D eigenvalue weighted by molar-refractivity contribution is -0.122. The van der Waals surface area contributed by atoms with Crippen molar-refractivity contribution in [2.75, 3.05) is 36.5 Å². The maximum Gasteiger partial charge on any atom is 0.227 e. The lowest BCUT2D eigenvalue weighted by Crippen LogP contribution is -2.30. The molecule has 1 N–H and O–H groups in total. The summed E-state index contributed by atoms with van der Waals surface area (Å²) in [4.78, 5) is 18.9. The van der Waals surface area contributed by atoms with Crippen LogP contribution in [-0.2, 0) is 9.53 Å². The normalized spacial score (nSPS) is 20.3. The summed E-state index contributed by atoms with van der Waals surface area (Å²) in [7, 11) is 0. The minimum atomic E-state index is 0.0699. The zero-order valence-corrected chi connectivity index (χ0v) is 12.4.